The predicted molar refractivity (Wildman–Crippen MR) is 357 cm³/mol. The van der Waals surface area contributed by atoms with Gasteiger partial charge in [-0.2, -0.15) is 0 Å². The van der Waals surface area contributed by atoms with Gasteiger partial charge < -0.3 is 20.4 Å². The highest BCUT2D eigenvalue weighted by Crippen LogP contribution is 2.36. The number of aromatic nitrogens is 11. The number of phenols is 1. The van der Waals surface area contributed by atoms with Gasteiger partial charge in [0.05, 0.1) is 39.0 Å². The summed E-state index contributed by atoms with van der Waals surface area (Å²) < 4.78 is 5.19. The van der Waals surface area contributed by atoms with Gasteiger partial charge in [0.15, 0.2) is 16.9 Å². The van der Waals surface area contributed by atoms with E-state index in [0.29, 0.717) is 77.5 Å². The SMILES string of the molecule is Cc1ccc(Cc2nc3c(Cc4ccccc4)nc(-c4ccccn4)cn3c2O)cc1.Cc1ccc(Cc2nc3c(Cc4ccccc4)nc(-c4ccncc4)cn3c2O)cc1.Oc1ccc(-c2cn3c(O)c(-c4cccs4)nc3c(Cc3ccccc3)n2)cc1. The molecule has 0 unspecified atom stereocenters. The highest BCUT2D eigenvalue weighted by Gasteiger charge is 2.22. The first kappa shape index (κ1) is 58.4. The molecular weight excluding hydrogens is 1150 g/mol. The molecule has 0 saturated heterocycles. The molecule has 0 spiro atoms. The number of hydrogen-bond donors (Lipinski definition) is 4. The van der Waals surface area contributed by atoms with Crippen molar-refractivity contribution in [3.8, 4) is 67.9 Å². The van der Waals surface area contributed by atoms with Crippen LogP contribution in [-0.4, -0.2) is 73.5 Å². The van der Waals surface area contributed by atoms with E-state index in [1.165, 1.54) is 22.5 Å². The monoisotopic (exact) mass is 1210 g/mol. The number of benzene rings is 6. The first-order valence-corrected chi connectivity index (χ1v) is 30.6. The van der Waals surface area contributed by atoms with Crippen LogP contribution in [0.3, 0.4) is 0 Å². The highest BCUT2D eigenvalue weighted by atomic mass is 32.1. The molecule has 0 amide bonds. The van der Waals surface area contributed by atoms with Gasteiger partial charge in [0.1, 0.15) is 28.5 Å². The molecule has 0 aliphatic carbocycles. The maximum atomic E-state index is 11.0. The van der Waals surface area contributed by atoms with Gasteiger partial charge >= 0.3 is 0 Å². The fraction of sp³-hybridized carbons (Fsp3) is 0.0933. The summed E-state index contributed by atoms with van der Waals surface area (Å²) in [6.45, 7) is 4.13. The summed E-state index contributed by atoms with van der Waals surface area (Å²) in [7, 11) is 0. The molecule has 4 N–H and O–H groups in total. The van der Waals surface area contributed by atoms with Crippen molar-refractivity contribution in [3.05, 3.63) is 316 Å². The Bertz CT molecular complexity index is 4720. The molecule has 0 fully saturated rings. The summed E-state index contributed by atoms with van der Waals surface area (Å²) in [4.78, 5) is 38.4. The minimum absolute atomic E-state index is 0.0965. The van der Waals surface area contributed by atoms with Crippen molar-refractivity contribution in [2.45, 2.75) is 46.0 Å². The summed E-state index contributed by atoms with van der Waals surface area (Å²) in [6, 6.07) is 67.3. The first-order valence-electron chi connectivity index (χ1n) is 29.7. The van der Waals surface area contributed by atoms with E-state index >= 15 is 0 Å². The molecule has 0 bridgehead atoms. The lowest BCUT2D eigenvalue weighted by Gasteiger charge is -2.08. The van der Waals surface area contributed by atoms with E-state index in [1.54, 1.807) is 50.1 Å². The summed E-state index contributed by atoms with van der Waals surface area (Å²) in [5.74, 6) is 0.594. The van der Waals surface area contributed by atoms with Crippen LogP contribution < -0.4 is 0 Å². The van der Waals surface area contributed by atoms with Crippen molar-refractivity contribution in [3.63, 3.8) is 0 Å². The molecule has 16 heteroatoms. The molecule has 0 radical (unpaired) electrons. The van der Waals surface area contributed by atoms with E-state index < -0.39 is 0 Å². The van der Waals surface area contributed by atoms with Crippen LogP contribution in [0.5, 0.6) is 23.4 Å². The molecule has 15 aromatic rings. The van der Waals surface area contributed by atoms with Crippen molar-refractivity contribution in [1.29, 1.82) is 0 Å². The van der Waals surface area contributed by atoms with Crippen LogP contribution in [0.25, 0.3) is 61.4 Å². The van der Waals surface area contributed by atoms with Crippen LogP contribution in [0.2, 0.25) is 0 Å². The molecule has 15 rings (SSSR count). The smallest absolute Gasteiger partial charge is 0.225 e. The Hall–Kier alpha value is -11.6. The number of aryl methyl sites for hydroxylation is 2. The summed E-state index contributed by atoms with van der Waals surface area (Å²) in [5, 5.41) is 44.5. The number of aromatic hydroxyl groups is 4. The maximum Gasteiger partial charge on any atom is 0.225 e. The minimum atomic E-state index is 0.0965. The Balaban J connectivity index is 0.000000125. The van der Waals surface area contributed by atoms with Gasteiger partial charge in [0, 0.05) is 80.4 Å². The fourth-order valence-electron chi connectivity index (χ4n) is 10.8. The molecular formula is C75H61N11O4S. The van der Waals surface area contributed by atoms with E-state index in [2.05, 4.69) is 96.6 Å². The number of fused-ring (bicyclic) bond motifs is 3. The lowest BCUT2D eigenvalue weighted by atomic mass is 10.1. The average molecular weight is 1210 g/mol. The van der Waals surface area contributed by atoms with Gasteiger partial charge in [0.2, 0.25) is 17.6 Å². The summed E-state index contributed by atoms with van der Waals surface area (Å²) in [5.41, 5.74) is 19.0. The van der Waals surface area contributed by atoms with Gasteiger partial charge in [-0.15, -0.1) is 11.3 Å². The third-order valence-corrected chi connectivity index (χ3v) is 16.4. The number of hydrogen-bond acceptors (Lipinski definition) is 13. The zero-order valence-electron chi connectivity index (χ0n) is 49.8. The first-order chi connectivity index (χ1) is 44.5. The Morgan fingerprint density at radius 1 is 0.341 bits per heavy atom. The van der Waals surface area contributed by atoms with Crippen molar-refractivity contribution >= 4 is 28.3 Å². The molecule has 15 nitrogen and oxygen atoms in total. The number of nitrogens with zero attached hydrogens (tertiary/aromatic N) is 11. The van der Waals surface area contributed by atoms with E-state index in [4.69, 9.17) is 29.9 Å². The van der Waals surface area contributed by atoms with Gasteiger partial charge in [-0.3, -0.25) is 23.2 Å². The summed E-state index contributed by atoms with van der Waals surface area (Å²) >= 11 is 1.53. The normalized spacial score (nSPS) is 11.1. The molecule has 0 aliphatic rings. The second kappa shape index (κ2) is 26.4. The second-order valence-corrected chi connectivity index (χ2v) is 23.1. The zero-order valence-corrected chi connectivity index (χ0v) is 50.6. The molecule has 9 aromatic heterocycles. The van der Waals surface area contributed by atoms with E-state index in [0.717, 1.165) is 72.3 Å². The standard InChI is InChI=1S/2C26H22N4O.C23H17N3O2S/c1-18-10-12-20(13-11-18)16-23-26(31)30-17-24(21-9-5-6-14-27-21)28-22(25(30)29-23)15-19-7-3-2-4-8-19;1-18-7-9-20(10-8-18)16-23-26(31)30-17-24(21-11-13-27-14-12-21)28-22(25(30)29-23)15-19-5-3-2-4-6-19;27-17-10-8-16(9-11-17)19-14-26-22(18(24-19)13-15-5-2-1-3-6-15)25-21(23(26)28)20-7-4-12-29-20/h2*2-14,17,31H,15-16H2,1H3;1-12,14,27-28H,13H2. The van der Waals surface area contributed by atoms with Crippen LogP contribution in [0.4, 0.5) is 0 Å². The van der Waals surface area contributed by atoms with Crippen LogP contribution in [-0.2, 0) is 32.1 Å². The Labute approximate surface area is 529 Å². The molecule has 0 aliphatic heterocycles. The lowest BCUT2D eigenvalue weighted by molar-refractivity contribution is 0.441. The van der Waals surface area contributed by atoms with E-state index in [9.17, 15) is 20.4 Å². The van der Waals surface area contributed by atoms with Crippen molar-refractivity contribution in [2.75, 3.05) is 0 Å². The topological polar surface area (TPSA) is 197 Å². The van der Waals surface area contributed by atoms with Crippen LogP contribution >= 0.6 is 11.3 Å². The number of rotatable bonds is 14. The van der Waals surface area contributed by atoms with Crippen LogP contribution in [0, 0.1) is 13.8 Å². The molecule has 446 valence electrons. The predicted octanol–water partition coefficient (Wildman–Crippen LogP) is 15.1. The number of thiophene rings is 1. The lowest BCUT2D eigenvalue weighted by Crippen LogP contribution is -2.01. The van der Waals surface area contributed by atoms with Crippen LogP contribution in [0.1, 0.15) is 67.4 Å². The quantitative estimate of drug-likeness (QED) is 0.0805. The molecule has 91 heavy (non-hydrogen) atoms. The third-order valence-electron chi connectivity index (χ3n) is 15.5. The second-order valence-electron chi connectivity index (χ2n) is 22.1. The molecule has 0 saturated carbocycles. The van der Waals surface area contributed by atoms with E-state index in [-0.39, 0.29) is 23.4 Å². The van der Waals surface area contributed by atoms with Gasteiger partial charge in [0.25, 0.3) is 0 Å². The van der Waals surface area contributed by atoms with Crippen LogP contribution in [0.15, 0.2) is 249 Å². The molecule has 0 atom stereocenters. The Morgan fingerprint density at radius 2 is 0.758 bits per heavy atom. The van der Waals surface area contributed by atoms with Crippen molar-refractivity contribution in [2.24, 2.45) is 0 Å². The fourth-order valence-corrected chi connectivity index (χ4v) is 11.5. The number of phenolic OH excluding ortho intramolecular Hbond substituents is 1. The van der Waals surface area contributed by atoms with Gasteiger partial charge in [-0.25, -0.2) is 29.9 Å². The number of imidazole rings is 3. The molecule has 6 aromatic carbocycles. The highest BCUT2D eigenvalue weighted by molar-refractivity contribution is 7.13. The Morgan fingerprint density at radius 3 is 1.22 bits per heavy atom. The Kier molecular flexibility index (Phi) is 16.9. The van der Waals surface area contributed by atoms with E-state index in [1.807, 2.05) is 139 Å². The van der Waals surface area contributed by atoms with Crippen molar-refractivity contribution in [1.82, 2.24) is 53.1 Å². The van der Waals surface area contributed by atoms with Crippen molar-refractivity contribution < 1.29 is 20.4 Å². The average Bonchev–Trinajstić information content (AvgIpc) is 1.80. The minimum Gasteiger partial charge on any atom is -0.508 e. The molecule has 9 heterocycles. The summed E-state index contributed by atoms with van der Waals surface area (Å²) in [6.07, 6.45) is 13.6. The van der Waals surface area contributed by atoms with Gasteiger partial charge in [-0.05, 0) is 102 Å². The van der Waals surface area contributed by atoms with Gasteiger partial charge in [-0.1, -0.05) is 163 Å². The maximum absolute atomic E-state index is 11.0. The third kappa shape index (κ3) is 13.3. The number of pyridine rings is 2. The zero-order chi connectivity index (χ0) is 62.2. The largest absolute Gasteiger partial charge is 0.508 e.